The molecule has 0 amide bonds. The third-order valence-electron chi connectivity index (χ3n) is 2.40. The number of carboxylic acids is 1. The quantitative estimate of drug-likeness (QED) is 0.906. The molecule has 0 aromatic heterocycles. The summed E-state index contributed by atoms with van der Waals surface area (Å²) in [6, 6.07) is 4.10. The molecule has 1 aromatic carbocycles. The van der Waals surface area contributed by atoms with Gasteiger partial charge in [-0.15, -0.1) is 0 Å². The summed E-state index contributed by atoms with van der Waals surface area (Å²) >= 11 is 5.85. The van der Waals surface area contributed by atoms with Gasteiger partial charge in [-0.05, 0) is 24.1 Å². The normalized spacial score (nSPS) is 11.6. The Morgan fingerprint density at radius 2 is 2.00 bits per heavy atom. The van der Waals surface area contributed by atoms with Gasteiger partial charge in [0.1, 0.15) is 0 Å². The van der Waals surface area contributed by atoms with E-state index in [1.165, 1.54) is 22.5 Å². The Morgan fingerprint density at radius 3 is 2.37 bits per heavy atom. The van der Waals surface area contributed by atoms with Crippen LogP contribution in [0.2, 0.25) is 5.02 Å². The minimum absolute atomic E-state index is 0.0161. The number of rotatable bonds is 5. The molecule has 0 atom stereocenters. The van der Waals surface area contributed by atoms with Gasteiger partial charge < -0.3 is 5.11 Å². The first-order valence-corrected chi connectivity index (χ1v) is 7.86. The maximum Gasteiger partial charge on any atom is 0.337 e. The number of carbonyl (C=O) groups is 1. The summed E-state index contributed by atoms with van der Waals surface area (Å²) in [6.45, 7) is 4.10. The molecular formula is C12H16ClNO4S. The van der Waals surface area contributed by atoms with Crippen LogP contribution in [0.1, 0.15) is 24.2 Å². The molecule has 0 spiro atoms. The zero-order chi connectivity index (χ0) is 14.8. The average molecular weight is 306 g/mol. The van der Waals surface area contributed by atoms with E-state index in [0.29, 0.717) is 12.2 Å². The highest BCUT2D eigenvalue weighted by Crippen LogP contribution is 2.26. The number of aromatic carboxylic acids is 1. The third-order valence-corrected chi connectivity index (χ3v) is 3.88. The summed E-state index contributed by atoms with van der Waals surface area (Å²) < 4.78 is 24.7. The Kier molecular flexibility index (Phi) is 4.81. The highest BCUT2D eigenvalue weighted by Gasteiger charge is 2.20. The summed E-state index contributed by atoms with van der Waals surface area (Å²) in [7, 11) is -3.44. The SMILES string of the molecule is CC(C)CN(c1ccc(C(=O)O)c(Cl)c1)S(C)(=O)=O. The van der Waals surface area contributed by atoms with Crippen LogP contribution in [0.5, 0.6) is 0 Å². The van der Waals surface area contributed by atoms with Crippen LogP contribution in [0.3, 0.4) is 0 Å². The zero-order valence-corrected chi connectivity index (χ0v) is 12.5. The van der Waals surface area contributed by atoms with Gasteiger partial charge in [0.15, 0.2) is 0 Å². The summed E-state index contributed by atoms with van der Waals surface area (Å²) in [6.07, 6.45) is 1.11. The molecule has 19 heavy (non-hydrogen) atoms. The second kappa shape index (κ2) is 5.79. The summed E-state index contributed by atoms with van der Waals surface area (Å²) in [4.78, 5) is 10.9. The van der Waals surface area contributed by atoms with Gasteiger partial charge in [0.05, 0.1) is 22.5 Å². The number of benzene rings is 1. The topological polar surface area (TPSA) is 74.7 Å². The first-order chi connectivity index (χ1) is 8.62. The molecule has 0 saturated carbocycles. The van der Waals surface area contributed by atoms with Gasteiger partial charge in [0.2, 0.25) is 10.0 Å². The molecular weight excluding hydrogens is 290 g/mol. The van der Waals surface area contributed by atoms with E-state index >= 15 is 0 Å². The van der Waals surface area contributed by atoms with Crippen LogP contribution < -0.4 is 4.31 Å². The second-order valence-corrected chi connectivity index (χ2v) is 6.97. The largest absolute Gasteiger partial charge is 0.478 e. The first-order valence-electron chi connectivity index (χ1n) is 5.63. The standard InChI is InChI=1S/C12H16ClNO4S/c1-8(2)7-14(19(3,17)18)9-4-5-10(12(15)16)11(13)6-9/h4-6,8H,7H2,1-3H3,(H,15,16). The van der Waals surface area contributed by atoms with Gasteiger partial charge in [-0.2, -0.15) is 0 Å². The van der Waals surface area contributed by atoms with Crippen LogP contribution in [0.4, 0.5) is 5.69 Å². The summed E-state index contributed by atoms with van der Waals surface area (Å²) in [5, 5.41) is 8.90. The fourth-order valence-corrected chi connectivity index (χ4v) is 2.92. The van der Waals surface area contributed by atoms with Gasteiger partial charge in [-0.25, -0.2) is 13.2 Å². The number of hydrogen-bond acceptors (Lipinski definition) is 3. The number of sulfonamides is 1. The van der Waals surface area contributed by atoms with E-state index in [1.807, 2.05) is 13.8 Å². The Morgan fingerprint density at radius 1 is 1.42 bits per heavy atom. The van der Waals surface area contributed by atoms with Crippen molar-refractivity contribution in [1.82, 2.24) is 0 Å². The second-order valence-electron chi connectivity index (χ2n) is 4.66. The molecule has 106 valence electrons. The van der Waals surface area contributed by atoms with Crippen LogP contribution in [-0.2, 0) is 10.0 Å². The van der Waals surface area contributed by atoms with Crippen LogP contribution in [0, 0.1) is 5.92 Å². The maximum absolute atomic E-state index is 11.8. The molecule has 0 aliphatic rings. The van der Waals surface area contributed by atoms with E-state index in [0.717, 1.165) is 6.26 Å². The third kappa shape index (κ3) is 4.11. The minimum Gasteiger partial charge on any atom is -0.478 e. The molecule has 7 heteroatoms. The fraction of sp³-hybridized carbons (Fsp3) is 0.417. The highest BCUT2D eigenvalue weighted by molar-refractivity contribution is 7.92. The van der Waals surface area contributed by atoms with Crippen molar-refractivity contribution in [2.24, 2.45) is 5.92 Å². The van der Waals surface area contributed by atoms with Crippen molar-refractivity contribution >= 4 is 33.3 Å². The number of hydrogen-bond donors (Lipinski definition) is 1. The molecule has 0 aliphatic carbocycles. The monoisotopic (exact) mass is 305 g/mol. The molecule has 0 fully saturated rings. The molecule has 1 aromatic rings. The van der Waals surface area contributed by atoms with E-state index < -0.39 is 16.0 Å². The molecule has 0 aliphatic heterocycles. The highest BCUT2D eigenvalue weighted by atomic mass is 35.5. The van der Waals surface area contributed by atoms with Crippen molar-refractivity contribution in [3.63, 3.8) is 0 Å². The van der Waals surface area contributed by atoms with Gasteiger partial charge in [0.25, 0.3) is 0 Å². The van der Waals surface area contributed by atoms with E-state index in [-0.39, 0.29) is 16.5 Å². The van der Waals surface area contributed by atoms with Gasteiger partial charge in [-0.3, -0.25) is 4.31 Å². The van der Waals surface area contributed by atoms with E-state index in [4.69, 9.17) is 16.7 Å². The van der Waals surface area contributed by atoms with Crippen molar-refractivity contribution in [3.05, 3.63) is 28.8 Å². The van der Waals surface area contributed by atoms with Crippen LogP contribution in [0.25, 0.3) is 0 Å². The van der Waals surface area contributed by atoms with Crippen molar-refractivity contribution in [3.8, 4) is 0 Å². The Bertz CT molecular complexity index is 583. The first kappa shape index (κ1) is 15.8. The number of nitrogens with zero attached hydrogens (tertiary/aromatic N) is 1. The molecule has 1 N–H and O–H groups in total. The molecule has 5 nitrogen and oxygen atoms in total. The van der Waals surface area contributed by atoms with Crippen molar-refractivity contribution < 1.29 is 18.3 Å². The Balaban J connectivity index is 3.25. The van der Waals surface area contributed by atoms with E-state index in [9.17, 15) is 13.2 Å². The van der Waals surface area contributed by atoms with Gasteiger partial charge >= 0.3 is 5.97 Å². The van der Waals surface area contributed by atoms with E-state index in [2.05, 4.69) is 0 Å². The predicted octanol–water partition coefficient (Wildman–Crippen LogP) is 2.46. The average Bonchev–Trinajstić information content (AvgIpc) is 2.23. The molecule has 0 bridgehead atoms. The van der Waals surface area contributed by atoms with Crippen molar-refractivity contribution in [1.29, 1.82) is 0 Å². The van der Waals surface area contributed by atoms with Gasteiger partial charge in [-0.1, -0.05) is 25.4 Å². The van der Waals surface area contributed by atoms with Crippen LogP contribution in [-0.4, -0.2) is 32.3 Å². The lowest BCUT2D eigenvalue weighted by molar-refractivity contribution is 0.0697. The Labute approximate surface area is 117 Å². The molecule has 0 heterocycles. The lowest BCUT2D eigenvalue weighted by Crippen LogP contribution is -2.33. The lowest BCUT2D eigenvalue weighted by atomic mass is 10.2. The lowest BCUT2D eigenvalue weighted by Gasteiger charge is -2.24. The number of carboxylic acid groups (broad SMARTS) is 1. The predicted molar refractivity (Wildman–Crippen MR) is 75.4 cm³/mol. The summed E-state index contributed by atoms with van der Waals surface area (Å²) in [5.74, 6) is -1.01. The van der Waals surface area contributed by atoms with Crippen molar-refractivity contribution in [2.75, 3.05) is 17.1 Å². The number of halogens is 1. The van der Waals surface area contributed by atoms with Crippen LogP contribution in [0.15, 0.2) is 18.2 Å². The maximum atomic E-state index is 11.8. The zero-order valence-electron chi connectivity index (χ0n) is 10.9. The minimum atomic E-state index is -3.44. The number of anilines is 1. The fourth-order valence-electron chi connectivity index (χ4n) is 1.60. The van der Waals surface area contributed by atoms with E-state index in [1.54, 1.807) is 0 Å². The molecule has 0 saturated heterocycles. The van der Waals surface area contributed by atoms with Crippen molar-refractivity contribution in [2.45, 2.75) is 13.8 Å². The smallest absolute Gasteiger partial charge is 0.337 e. The van der Waals surface area contributed by atoms with Crippen LogP contribution >= 0.6 is 11.6 Å². The Hall–Kier alpha value is -1.27. The molecule has 0 unspecified atom stereocenters. The van der Waals surface area contributed by atoms with Gasteiger partial charge in [0, 0.05) is 6.54 Å². The summed E-state index contributed by atoms with van der Waals surface area (Å²) in [5.41, 5.74) is 0.314. The molecule has 0 radical (unpaired) electrons. The molecule has 1 rings (SSSR count).